The van der Waals surface area contributed by atoms with Crippen LogP contribution in [-0.4, -0.2) is 65.2 Å². The number of hydrogen-bond acceptors (Lipinski definition) is 7. The van der Waals surface area contributed by atoms with Crippen LogP contribution < -0.4 is 10.6 Å². The summed E-state index contributed by atoms with van der Waals surface area (Å²) in [6, 6.07) is 10.5. The molecule has 2 aromatic carbocycles. The number of para-hydroxylation sites is 1. The van der Waals surface area contributed by atoms with Crippen LogP contribution in [0.1, 0.15) is 19.4 Å². The monoisotopic (exact) mass is 593 g/mol. The van der Waals surface area contributed by atoms with Crippen LogP contribution in [0.4, 0.5) is 14.6 Å². The van der Waals surface area contributed by atoms with E-state index >= 15 is 4.39 Å². The van der Waals surface area contributed by atoms with Crippen molar-refractivity contribution in [3.8, 4) is 16.9 Å². The number of halogens is 2. The van der Waals surface area contributed by atoms with E-state index in [4.69, 9.17) is 0 Å². The van der Waals surface area contributed by atoms with Crippen molar-refractivity contribution in [2.24, 2.45) is 0 Å². The minimum atomic E-state index is -3.84. The summed E-state index contributed by atoms with van der Waals surface area (Å²) in [7, 11) is -3.84. The second-order valence-corrected chi connectivity index (χ2v) is 12.5. The van der Waals surface area contributed by atoms with Crippen LogP contribution >= 0.6 is 0 Å². The van der Waals surface area contributed by atoms with E-state index in [1.165, 1.54) is 36.4 Å². The van der Waals surface area contributed by atoms with Gasteiger partial charge in [-0.05, 0) is 56.7 Å². The highest BCUT2D eigenvalue weighted by atomic mass is 32.2. The molecule has 2 aromatic heterocycles. The number of hydrogen-bond donors (Lipinski definition) is 0. The largest absolute Gasteiger partial charge is 0.355 e. The third-order valence-corrected chi connectivity index (χ3v) is 8.53. The Balaban J connectivity index is 1.87. The first kappa shape index (κ1) is 29.1. The second kappa shape index (κ2) is 10.8. The predicted molar refractivity (Wildman–Crippen MR) is 157 cm³/mol. The van der Waals surface area contributed by atoms with Gasteiger partial charge in [-0.2, -0.15) is 4.98 Å². The normalized spacial score (nSPS) is 17.5. The standard InChI is InChI=1S/C30H29F2N5O4S/c1-6-25(38)35-15-18(3)36(19(4)16-35)29-21-14-23(32)26(20-11-7-8-12-22(20)31)33-28(21)37(30(39)34-29)27-17(2)10-9-13-24(27)42(5,40)41/h6-14,18-19H,1,15-16H2,2-5H3/t18-,19+. The van der Waals surface area contributed by atoms with Gasteiger partial charge in [0.25, 0.3) is 0 Å². The van der Waals surface area contributed by atoms with Crippen molar-refractivity contribution in [2.45, 2.75) is 37.8 Å². The Hall–Kier alpha value is -4.45. The van der Waals surface area contributed by atoms with Crippen LogP contribution in [0, 0.1) is 18.6 Å². The molecule has 0 saturated carbocycles. The number of sulfone groups is 1. The molecule has 4 aromatic rings. The molecule has 1 saturated heterocycles. The van der Waals surface area contributed by atoms with Gasteiger partial charge < -0.3 is 9.80 Å². The predicted octanol–water partition coefficient (Wildman–Crippen LogP) is 4.05. The van der Waals surface area contributed by atoms with E-state index in [1.807, 2.05) is 18.7 Å². The van der Waals surface area contributed by atoms with Gasteiger partial charge in [0.15, 0.2) is 15.5 Å². The highest BCUT2D eigenvalue weighted by Crippen LogP contribution is 2.35. The highest BCUT2D eigenvalue weighted by Gasteiger charge is 2.34. The lowest BCUT2D eigenvalue weighted by atomic mass is 10.1. The fourth-order valence-corrected chi connectivity index (χ4v) is 6.54. The Morgan fingerprint density at radius 1 is 1.02 bits per heavy atom. The topological polar surface area (TPSA) is 105 Å². The molecule has 2 atom stereocenters. The zero-order valence-electron chi connectivity index (χ0n) is 23.5. The molecule has 218 valence electrons. The maximum atomic E-state index is 15.8. The molecule has 1 fully saturated rings. The van der Waals surface area contributed by atoms with E-state index in [0.29, 0.717) is 18.7 Å². The van der Waals surface area contributed by atoms with Crippen LogP contribution in [-0.2, 0) is 14.6 Å². The van der Waals surface area contributed by atoms with Crippen LogP contribution in [0.3, 0.4) is 0 Å². The maximum absolute atomic E-state index is 15.8. The quantitative estimate of drug-likeness (QED) is 0.322. The van der Waals surface area contributed by atoms with E-state index in [-0.39, 0.29) is 56.7 Å². The summed E-state index contributed by atoms with van der Waals surface area (Å²) in [5.74, 6) is -1.69. The van der Waals surface area contributed by atoms with Crippen molar-refractivity contribution in [3.05, 3.63) is 88.9 Å². The van der Waals surface area contributed by atoms with Crippen molar-refractivity contribution >= 4 is 32.6 Å². The molecule has 3 heterocycles. The molecule has 0 unspecified atom stereocenters. The molecular formula is C30H29F2N5O4S. The summed E-state index contributed by atoms with van der Waals surface area (Å²) >= 11 is 0. The molecule has 0 N–H and O–H groups in total. The zero-order valence-corrected chi connectivity index (χ0v) is 24.3. The van der Waals surface area contributed by atoms with Gasteiger partial charge in [0.2, 0.25) is 5.91 Å². The lowest BCUT2D eigenvalue weighted by Crippen LogP contribution is -2.58. The Morgan fingerprint density at radius 3 is 2.31 bits per heavy atom. The highest BCUT2D eigenvalue weighted by molar-refractivity contribution is 7.90. The molecule has 0 aliphatic carbocycles. The van der Waals surface area contributed by atoms with Crippen molar-refractivity contribution in [3.63, 3.8) is 0 Å². The minimum Gasteiger partial charge on any atom is -0.347 e. The number of nitrogens with zero attached hydrogens (tertiary/aromatic N) is 5. The molecule has 12 heteroatoms. The van der Waals surface area contributed by atoms with E-state index in [9.17, 15) is 22.4 Å². The molecule has 5 rings (SSSR count). The number of pyridine rings is 1. The fraction of sp³-hybridized carbons (Fsp3) is 0.267. The van der Waals surface area contributed by atoms with Crippen LogP contribution in [0.5, 0.6) is 0 Å². The molecule has 0 spiro atoms. The van der Waals surface area contributed by atoms with E-state index in [2.05, 4.69) is 16.5 Å². The van der Waals surface area contributed by atoms with Gasteiger partial charge in [-0.3, -0.25) is 4.79 Å². The Labute approximate surface area is 241 Å². The Kier molecular flexibility index (Phi) is 7.44. The van der Waals surface area contributed by atoms with Crippen LogP contribution in [0.25, 0.3) is 28.0 Å². The summed E-state index contributed by atoms with van der Waals surface area (Å²) in [5.41, 5.74) is -0.946. The summed E-state index contributed by atoms with van der Waals surface area (Å²) in [5, 5.41) is 0.122. The smallest absolute Gasteiger partial charge is 0.347 e. The molecule has 0 bridgehead atoms. The van der Waals surface area contributed by atoms with Gasteiger partial charge in [-0.15, -0.1) is 0 Å². The molecule has 0 radical (unpaired) electrons. The van der Waals surface area contributed by atoms with Gasteiger partial charge in [-0.25, -0.2) is 31.5 Å². The van der Waals surface area contributed by atoms with E-state index < -0.39 is 27.2 Å². The summed E-state index contributed by atoms with van der Waals surface area (Å²) in [4.78, 5) is 38.4. The maximum Gasteiger partial charge on any atom is 0.355 e. The molecule has 1 aliphatic heterocycles. The van der Waals surface area contributed by atoms with Crippen LogP contribution in [0.15, 0.2) is 70.9 Å². The first-order valence-corrected chi connectivity index (χ1v) is 15.1. The number of rotatable bonds is 5. The van der Waals surface area contributed by atoms with Gasteiger partial charge in [-0.1, -0.05) is 30.8 Å². The molecule has 9 nitrogen and oxygen atoms in total. The lowest BCUT2D eigenvalue weighted by molar-refractivity contribution is -0.127. The third-order valence-electron chi connectivity index (χ3n) is 7.40. The average molecular weight is 594 g/mol. The second-order valence-electron chi connectivity index (χ2n) is 10.5. The third kappa shape index (κ3) is 4.95. The SMILES string of the molecule is C=CC(=O)N1C[C@@H](C)N(c2nc(=O)n(-c3c(C)cccc3S(C)(=O)=O)c3nc(-c4ccccc4F)c(F)cc23)[C@@H](C)C1. The number of piperazine rings is 1. The number of carbonyl (C=O) groups is 1. The van der Waals surface area contributed by atoms with Crippen molar-refractivity contribution in [2.75, 3.05) is 24.2 Å². The zero-order chi connectivity index (χ0) is 30.5. The number of aromatic nitrogens is 3. The molecular weight excluding hydrogens is 564 g/mol. The first-order valence-electron chi connectivity index (χ1n) is 13.2. The Morgan fingerprint density at radius 2 is 1.69 bits per heavy atom. The van der Waals surface area contributed by atoms with Gasteiger partial charge >= 0.3 is 5.69 Å². The summed E-state index contributed by atoms with van der Waals surface area (Å²) < 4.78 is 57.3. The molecule has 1 amide bonds. The average Bonchev–Trinajstić information content (AvgIpc) is 2.92. The molecule has 1 aliphatic rings. The number of aryl methyl sites for hydroxylation is 1. The molecule has 42 heavy (non-hydrogen) atoms. The van der Waals surface area contributed by atoms with Gasteiger partial charge in [0.1, 0.15) is 23.1 Å². The first-order chi connectivity index (χ1) is 19.8. The number of benzene rings is 2. The van der Waals surface area contributed by atoms with Crippen molar-refractivity contribution < 1.29 is 22.0 Å². The van der Waals surface area contributed by atoms with Gasteiger partial charge in [0.05, 0.1) is 16.0 Å². The van der Waals surface area contributed by atoms with E-state index in [1.54, 1.807) is 24.0 Å². The van der Waals surface area contributed by atoms with Crippen molar-refractivity contribution in [1.29, 1.82) is 0 Å². The summed E-state index contributed by atoms with van der Waals surface area (Å²) in [6.07, 6.45) is 2.25. The fourth-order valence-electron chi connectivity index (χ4n) is 5.61. The van der Waals surface area contributed by atoms with Crippen LogP contribution in [0.2, 0.25) is 0 Å². The number of amides is 1. The van der Waals surface area contributed by atoms with E-state index in [0.717, 1.165) is 16.9 Å². The number of carbonyl (C=O) groups excluding carboxylic acids is 1. The lowest BCUT2D eigenvalue weighted by Gasteiger charge is -2.45. The van der Waals surface area contributed by atoms with Gasteiger partial charge in [0, 0.05) is 37.0 Å². The number of fused-ring (bicyclic) bond motifs is 1. The minimum absolute atomic E-state index is 0.0233. The Bertz CT molecular complexity index is 1910. The summed E-state index contributed by atoms with van der Waals surface area (Å²) in [6.45, 7) is 9.47. The van der Waals surface area contributed by atoms with Crippen molar-refractivity contribution in [1.82, 2.24) is 19.4 Å². The number of anilines is 1.